The van der Waals surface area contributed by atoms with Gasteiger partial charge in [-0.25, -0.2) is 0 Å². The third kappa shape index (κ3) is 6.64. The predicted octanol–water partition coefficient (Wildman–Crippen LogP) is 1.38. The van der Waals surface area contributed by atoms with Crippen LogP contribution in [0.1, 0.15) is 13.3 Å². The number of halogens is 1. The molecule has 0 aromatic heterocycles. The molecule has 23 heavy (non-hydrogen) atoms. The van der Waals surface area contributed by atoms with Crippen LogP contribution >= 0.6 is 12.4 Å². The Bertz CT molecular complexity index is 481. The second-order valence-corrected chi connectivity index (χ2v) is 5.31. The standard InChI is InChI=1S/C16H24N2O4.ClH/c1-12(22-15-6-4-3-5-14(15)20-2)10-18-16(19)9-13-11-21-8-7-17-13;/h3-6,12-13,17H,7-11H2,1-2H3,(H,18,19);1H. The monoisotopic (exact) mass is 344 g/mol. The van der Waals surface area contributed by atoms with Gasteiger partial charge in [0.1, 0.15) is 6.10 Å². The molecule has 1 heterocycles. The SMILES string of the molecule is COc1ccccc1OC(C)CNC(=O)CC1COCCN1.Cl. The van der Waals surface area contributed by atoms with Gasteiger partial charge < -0.3 is 24.8 Å². The van der Waals surface area contributed by atoms with Gasteiger partial charge in [-0.1, -0.05) is 12.1 Å². The zero-order valence-electron chi connectivity index (χ0n) is 13.5. The Morgan fingerprint density at radius 2 is 2.17 bits per heavy atom. The molecular formula is C16H25ClN2O4. The highest BCUT2D eigenvalue weighted by Crippen LogP contribution is 2.26. The number of nitrogens with one attached hydrogen (secondary N) is 2. The van der Waals surface area contributed by atoms with Crippen molar-refractivity contribution in [3.05, 3.63) is 24.3 Å². The molecule has 1 aliphatic heterocycles. The van der Waals surface area contributed by atoms with Crippen LogP contribution in [0.4, 0.5) is 0 Å². The van der Waals surface area contributed by atoms with E-state index in [-0.39, 0.29) is 30.5 Å². The van der Waals surface area contributed by atoms with Crippen molar-refractivity contribution in [2.45, 2.75) is 25.5 Å². The predicted molar refractivity (Wildman–Crippen MR) is 90.6 cm³/mol. The Morgan fingerprint density at radius 3 is 2.83 bits per heavy atom. The first-order valence-electron chi connectivity index (χ1n) is 7.56. The number of amides is 1. The first kappa shape index (κ1) is 19.5. The summed E-state index contributed by atoms with van der Waals surface area (Å²) in [4.78, 5) is 11.9. The number of hydrogen-bond acceptors (Lipinski definition) is 5. The van der Waals surface area contributed by atoms with E-state index in [4.69, 9.17) is 14.2 Å². The molecule has 2 N–H and O–H groups in total. The van der Waals surface area contributed by atoms with Crippen LogP contribution in [-0.4, -0.2) is 51.5 Å². The second kappa shape index (κ2) is 10.3. The molecule has 0 aliphatic carbocycles. The fraction of sp³-hybridized carbons (Fsp3) is 0.562. The first-order valence-corrected chi connectivity index (χ1v) is 7.56. The Morgan fingerprint density at radius 1 is 1.43 bits per heavy atom. The number of carbonyl (C=O) groups excluding carboxylic acids is 1. The second-order valence-electron chi connectivity index (χ2n) is 5.31. The lowest BCUT2D eigenvalue weighted by atomic mass is 10.2. The average Bonchev–Trinajstić information content (AvgIpc) is 2.54. The van der Waals surface area contributed by atoms with Crippen molar-refractivity contribution in [2.24, 2.45) is 0 Å². The Kier molecular flexibility index (Phi) is 8.76. The van der Waals surface area contributed by atoms with Gasteiger partial charge in [-0.2, -0.15) is 0 Å². The number of hydrogen-bond donors (Lipinski definition) is 2. The zero-order chi connectivity index (χ0) is 15.8. The lowest BCUT2D eigenvalue weighted by Gasteiger charge is -2.23. The fourth-order valence-electron chi connectivity index (χ4n) is 2.28. The molecule has 1 fully saturated rings. The summed E-state index contributed by atoms with van der Waals surface area (Å²) >= 11 is 0. The molecule has 0 bridgehead atoms. The van der Waals surface area contributed by atoms with Gasteiger partial charge in [0.05, 0.1) is 26.9 Å². The minimum Gasteiger partial charge on any atom is -0.493 e. The van der Waals surface area contributed by atoms with Gasteiger partial charge in [0.2, 0.25) is 5.91 Å². The summed E-state index contributed by atoms with van der Waals surface area (Å²) in [5.74, 6) is 1.36. The molecule has 1 aromatic carbocycles. The van der Waals surface area contributed by atoms with Crippen molar-refractivity contribution in [1.29, 1.82) is 0 Å². The minimum absolute atomic E-state index is 0. The van der Waals surface area contributed by atoms with E-state index in [9.17, 15) is 4.79 Å². The van der Waals surface area contributed by atoms with E-state index < -0.39 is 0 Å². The van der Waals surface area contributed by atoms with E-state index in [1.807, 2.05) is 31.2 Å². The molecule has 2 unspecified atom stereocenters. The number of morpholine rings is 1. The van der Waals surface area contributed by atoms with Gasteiger partial charge in [0.15, 0.2) is 11.5 Å². The van der Waals surface area contributed by atoms with E-state index in [1.54, 1.807) is 7.11 Å². The highest BCUT2D eigenvalue weighted by Gasteiger charge is 2.17. The molecule has 0 spiro atoms. The molecule has 1 aromatic rings. The third-order valence-corrected chi connectivity index (χ3v) is 3.41. The summed E-state index contributed by atoms with van der Waals surface area (Å²) in [5.41, 5.74) is 0. The van der Waals surface area contributed by atoms with Gasteiger partial charge >= 0.3 is 0 Å². The lowest BCUT2D eigenvalue weighted by Crippen LogP contribution is -2.45. The molecule has 0 radical (unpaired) electrons. The molecule has 1 saturated heterocycles. The topological polar surface area (TPSA) is 68.8 Å². The maximum absolute atomic E-state index is 11.9. The van der Waals surface area contributed by atoms with Gasteiger partial charge in [0, 0.05) is 19.0 Å². The highest BCUT2D eigenvalue weighted by atomic mass is 35.5. The molecule has 1 amide bonds. The van der Waals surface area contributed by atoms with Crippen molar-refractivity contribution >= 4 is 18.3 Å². The Hall–Kier alpha value is -1.50. The van der Waals surface area contributed by atoms with Crippen LogP contribution in [0.2, 0.25) is 0 Å². The summed E-state index contributed by atoms with van der Waals surface area (Å²) < 4.78 is 16.4. The highest BCUT2D eigenvalue weighted by molar-refractivity contribution is 5.85. The van der Waals surface area contributed by atoms with E-state index in [0.717, 1.165) is 6.54 Å². The average molecular weight is 345 g/mol. The molecule has 2 atom stereocenters. The third-order valence-electron chi connectivity index (χ3n) is 3.41. The van der Waals surface area contributed by atoms with Crippen molar-refractivity contribution in [1.82, 2.24) is 10.6 Å². The first-order chi connectivity index (χ1) is 10.7. The van der Waals surface area contributed by atoms with Crippen LogP contribution < -0.4 is 20.1 Å². The number of para-hydroxylation sites is 2. The van der Waals surface area contributed by atoms with Crippen molar-refractivity contribution in [3.8, 4) is 11.5 Å². The van der Waals surface area contributed by atoms with Crippen LogP contribution in [0.5, 0.6) is 11.5 Å². The quantitative estimate of drug-likeness (QED) is 0.782. The normalized spacial score (nSPS) is 18.4. The van der Waals surface area contributed by atoms with Crippen molar-refractivity contribution in [3.63, 3.8) is 0 Å². The Labute approximate surface area is 143 Å². The van der Waals surface area contributed by atoms with Crippen LogP contribution in [0.15, 0.2) is 24.3 Å². The fourth-order valence-corrected chi connectivity index (χ4v) is 2.28. The zero-order valence-corrected chi connectivity index (χ0v) is 14.4. The number of benzene rings is 1. The molecule has 130 valence electrons. The number of carbonyl (C=O) groups is 1. The molecule has 0 saturated carbocycles. The molecule has 1 aliphatic rings. The maximum Gasteiger partial charge on any atom is 0.221 e. The summed E-state index contributed by atoms with van der Waals surface area (Å²) in [6, 6.07) is 7.56. The van der Waals surface area contributed by atoms with E-state index >= 15 is 0 Å². The molecule has 7 heteroatoms. The van der Waals surface area contributed by atoms with Crippen molar-refractivity contribution in [2.75, 3.05) is 33.4 Å². The molecule has 6 nitrogen and oxygen atoms in total. The van der Waals surface area contributed by atoms with E-state index in [1.165, 1.54) is 0 Å². The lowest BCUT2D eigenvalue weighted by molar-refractivity contribution is -0.122. The van der Waals surface area contributed by atoms with Gasteiger partial charge in [-0.3, -0.25) is 4.79 Å². The number of rotatable bonds is 7. The van der Waals surface area contributed by atoms with Crippen LogP contribution in [0.25, 0.3) is 0 Å². The van der Waals surface area contributed by atoms with Gasteiger partial charge in [-0.05, 0) is 19.1 Å². The largest absolute Gasteiger partial charge is 0.493 e. The number of methoxy groups -OCH3 is 1. The van der Waals surface area contributed by atoms with E-state index in [0.29, 0.717) is 37.7 Å². The van der Waals surface area contributed by atoms with Crippen LogP contribution in [-0.2, 0) is 9.53 Å². The Balaban J connectivity index is 0.00000264. The summed E-state index contributed by atoms with van der Waals surface area (Å²) in [6.45, 7) is 4.45. The maximum atomic E-state index is 11.9. The van der Waals surface area contributed by atoms with E-state index in [2.05, 4.69) is 10.6 Å². The van der Waals surface area contributed by atoms with Crippen molar-refractivity contribution < 1.29 is 19.0 Å². The van der Waals surface area contributed by atoms with Gasteiger partial charge in [-0.15, -0.1) is 12.4 Å². The summed E-state index contributed by atoms with van der Waals surface area (Å²) in [5, 5.41) is 6.15. The smallest absolute Gasteiger partial charge is 0.221 e. The summed E-state index contributed by atoms with van der Waals surface area (Å²) in [6.07, 6.45) is 0.275. The minimum atomic E-state index is -0.143. The van der Waals surface area contributed by atoms with Gasteiger partial charge in [0.25, 0.3) is 0 Å². The number of ether oxygens (including phenoxy) is 3. The molecule has 2 rings (SSSR count). The summed E-state index contributed by atoms with van der Waals surface area (Å²) in [7, 11) is 1.61. The van der Waals surface area contributed by atoms with Crippen LogP contribution in [0.3, 0.4) is 0 Å². The van der Waals surface area contributed by atoms with Crippen LogP contribution in [0, 0.1) is 0 Å². The molecular weight excluding hydrogens is 320 g/mol.